The lowest BCUT2D eigenvalue weighted by atomic mass is 9.68. The molecule has 78 heavy (non-hydrogen) atoms. The van der Waals surface area contributed by atoms with E-state index in [0.717, 1.165) is 5.69 Å². The highest BCUT2D eigenvalue weighted by atomic mass is 15.1. The van der Waals surface area contributed by atoms with Gasteiger partial charge in [0.1, 0.15) is 0 Å². The van der Waals surface area contributed by atoms with Crippen LogP contribution in [0.25, 0.3) is 66.8 Å². The summed E-state index contributed by atoms with van der Waals surface area (Å²) < 4.78 is 0. The summed E-state index contributed by atoms with van der Waals surface area (Å²) in [6.45, 7) is 18.9. The standard InChI is InChI=1S/C77H67N/c1-73(2,3)49-32-38-60-61-39-33-50(74(4,5)6)45-70(61)77(69(60)44-49)67-29-16-13-23-57(67)62-41-37-53(47-71(62)77)78(52-36-40-59-56-22-12-15-28-66(56)76(68(59)46-52)42-17-18-43-76)51-34-30-48(31-35-51)54-20-9-10-21-55(54)63-25-19-26-64-58-24-11-14-27-65(58)75(7,8)72(63)64/h9-16,19-41,44-47H,17-18,42-43H2,1-8H3. The molecular formula is C77H67N. The first-order chi connectivity index (χ1) is 37.7. The first-order valence-corrected chi connectivity index (χ1v) is 28.7. The molecule has 1 nitrogen and oxygen atoms in total. The molecule has 15 rings (SSSR count). The molecule has 0 radical (unpaired) electrons. The van der Waals surface area contributed by atoms with Crippen LogP contribution in [0.5, 0.6) is 0 Å². The summed E-state index contributed by atoms with van der Waals surface area (Å²) in [4.78, 5) is 2.58. The molecule has 380 valence electrons. The lowest BCUT2D eigenvalue weighted by Gasteiger charge is -2.34. The van der Waals surface area contributed by atoms with Gasteiger partial charge >= 0.3 is 0 Å². The quantitative estimate of drug-likeness (QED) is 0.166. The number of fused-ring (bicyclic) bond motifs is 18. The van der Waals surface area contributed by atoms with Gasteiger partial charge in [-0.05, 0) is 182 Å². The zero-order valence-electron chi connectivity index (χ0n) is 46.5. The minimum Gasteiger partial charge on any atom is -0.310 e. The van der Waals surface area contributed by atoms with Crippen LogP contribution in [0, 0.1) is 0 Å². The molecule has 0 saturated heterocycles. The molecular weight excluding hydrogens is 939 g/mol. The summed E-state index contributed by atoms with van der Waals surface area (Å²) in [5.74, 6) is 0. The van der Waals surface area contributed by atoms with Crippen LogP contribution in [0.15, 0.2) is 212 Å². The molecule has 10 aromatic carbocycles. The normalized spacial score (nSPS) is 16.1. The van der Waals surface area contributed by atoms with Crippen LogP contribution >= 0.6 is 0 Å². The molecule has 1 saturated carbocycles. The van der Waals surface area contributed by atoms with Gasteiger partial charge < -0.3 is 4.90 Å². The topological polar surface area (TPSA) is 3.24 Å². The van der Waals surface area contributed by atoms with Crippen LogP contribution in [0.1, 0.15) is 137 Å². The lowest BCUT2D eigenvalue weighted by molar-refractivity contribution is 0.550. The number of anilines is 3. The van der Waals surface area contributed by atoms with E-state index in [2.05, 4.69) is 273 Å². The van der Waals surface area contributed by atoms with Gasteiger partial charge in [-0.1, -0.05) is 244 Å². The van der Waals surface area contributed by atoms with Gasteiger partial charge in [-0.3, -0.25) is 0 Å². The SMILES string of the molecule is CC(C)(C)c1ccc2c(c1)C1(c3ccccc3-c3ccc(N(c4ccc(-c5ccccc5-c5cccc6c5C(C)(C)c5ccccc5-6)cc4)c4ccc5c(c4)C4(CCCC4)c4ccccc4-5)cc31)c1cc(C(C)(C)C)ccc1-2. The van der Waals surface area contributed by atoms with Crippen LogP contribution in [0.3, 0.4) is 0 Å². The molecule has 0 bridgehead atoms. The van der Waals surface area contributed by atoms with Crippen molar-refractivity contribution in [2.75, 3.05) is 4.90 Å². The predicted molar refractivity (Wildman–Crippen MR) is 328 cm³/mol. The van der Waals surface area contributed by atoms with E-state index >= 15 is 0 Å². The first kappa shape index (κ1) is 47.2. The van der Waals surface area contributed by atoms with E-state index in [1.165, 1.54) is 159 Å². The summed E-state index contributed by atoms with van der Waals surface area (Å²) in [6, 6.07) is 82.8. The Bertz CT molecular complexity index is 4080. The van der Waals surface area contributed by atoms with Crippen LogP contribution in [0.4, 0.5) is 17.1 Å². The van der Waals surface area contributed by atoms with Crippen LogP contribution < -0.4 is 4.90 Å². The summed E-state index contributed by atoms with van der Waals surface area (Å²) in [5, 5.41) is 0. The van der Waals surface area contributed by atoms with Gasteiger partial charge in [0.05, 0.1) is 5.41 Å². The van der Waals surface area contributed by atoms with Crippen molar-refractivity contribution >= 4 is 17.1 Å². The van der Waals surface area contributed by atoms with E-state index in [0.29, 0.717) is 0 Å². The van der Waals surface area contributed by atoms with E-state index in [-0.39, 0.29) is 21.7 Å². The number of hydrogen-bond donors (Lipinski definition) is 0. The average molecular weight is 1010 g/mol. The zero-order chi connectivity index (χ0) is 53.1. The second-order valence-corrected chi connectivity index (χ2v) is 25.9. The van der Waals surface area contributed by atoms with Gasteiger partial charge in [0.15, 0.2) is 0 Å². The molecule has 2 spiro atoms. The highest BCUT2D eigenvalue weighted by Crippen LogP contribution is 2.65. The molecule has 0 N–H and O–H groups in total. The van der Waals surface area contributed by atoms with E-state index < -0.39 is 5.41 Å². The van der Waals surface area contributed by atoms with E-state index in [1.54, 1.807) is 0 Å². The second-order valence-electron chi connectivity index (χ2n) is 25.9. The minimum atomic E-state index is -0.518. The van der Waals surface area contributed by atoms with Crippen molar-refractivity contribution in [2.45, 2.75) is 108 Å². The van der Waals surface area contributed by atoms with Gasteiger partial charge in [-0.15, -0.1) is 0 Å². The van der Waals surface area contributed by atoms with E-state index in [4.69, 9.17) is 0 Å². The fourth-order valence-electron chi connectivity index (χ4n) is 15.6. The summed E-state index contributed by atoms with van der Waals surface area (Å²) in [5.41, 5.74) is 32.7. The third-order valence-corrected chi connectivity index (χ3v) is 19.4. The van der Waals surface area contributed by atoms with Crippen molar-refractivity contribution in [2.24, 2.45) is 0 Å². The fourth-order valence-corrected chi connectivity index (χ4v) is 15.6. The molecule has 0 aromatic heterocycles. The van der Waals surface area contributed by atoms with E-state index in [1.807, 2.05) is 0 Å². The molecule has 5 aliphatic carbocycles. The van der Waals surface area contributed by atoms with Gasteiger partial charge in [0.25, 0.3) is 0 Å². The highest BCUT2D eigenvalue weighted by molar-refractivity contribution is 5.98. The summed E-state index contributed by atoms with van der Waals surface area (Å²) in [7, 11) is 0. The number of nitrogens with zero attached hydrogens (tertiary/aromatic N) is 1. The first-order valence-electron chi connectivity index (χ1n) is 28.7. The van der Waals surface area contributed by atoms with Crippen molar-refractivity contribution in [1.82, 2.24) is 0 Å². The maximum atomic E-state index is 2.59. The average Bonchev–Trinajstić information content (AvgIpc) is 3.14. The number of benzene rings is 10. The smallest absolute Gasteiger partial charge is 0.0726 e. The third-order valence-electron chi connectivity index (χ3n) is 19.4. The van der Waals surface area contributed by atoms with Crippen LogP contribution in [-0.4, -0.2) is 0 Å². The number of hydrogen-bond acceptors (Lipinski definition) is 1. The van der Waals surface area contributed by atoms with Crippen LogP contribution in [-0.2, 0) is 27.1 Å². The molecule has 1 heteroatoms. The molecule has 0 atom stereocenters. The van der Waals surface area contributed by atoms with Crippen LogP contribution in [0.2, 0.25) is 0 Å². The molecule has 0 heterocycles. The Balaban J connectivity index is 0.942. The Kier molecular flexibility index (Phi) is 10.00. The monoisotopic (exact) mass is 1010 g/mol. The second kappa shape index (κ2) is 16.5. The van der Waals surface area contributed by atoms with Crippen molar-refractivity contribution in [3.63, 3.8) is 0 Å². The molecule has 0 unspecified atom stereocenters. The molecule has 5 aliphatic rings. The van der Waals surface area contributed by atoms with Gasteiger partial charge in [-0.2, -0.15) is 0 Å². The van der Waals surface area contributed by atoms with Crippen molar-refractivity contribution < 1.29 is 0 Å². The minimum absolute atomic E-state index is 0.0265. The number of rotatable bonds is 5. The van der Waals surface area contributed by atoms with Gasteiger partial charge in [-0.25, -0.2) is 0 Å². The molecule has 10 aromatic rings. The maximum absolute atomic E-state index is 2.59. The van der Waals surface area contributed by atoms with Crippen molar-refractivity contribution in [3.05, 3.63) is 268 Å². The summed E-state index contributed by atoms with van der Waals surface area (Å²) >= 11 is 0. The summed E-state index contributed by atoms with van der Waals surface area (Å²) in [6.07, 6.45) is 4.89. The predicted octanol–water partition coefficient (Wildman–Crippen LogP) is 20.6. The largest absolute Gasteiger partial charge is 0.310 e. The fraction of sp³-hybridized carbons (Fsp3) is 0.221. The lowest BCUT2D eigenvalue weighted by Crippen LogP contribution is -2.27. The van der Waals surface area contributed by atoms with Crippen molar-refractivity contribution in [1.29, 1.82) is 0 Å². The third kappa shape index (κ3) is 6.48. The zero-order valence-corrected chi connectivity index (χ0v) is 46.5. The Hall–Kier alpha value is -8.00. The van der Waals surface area contributed by atoms with Gasteiger partial charge in [0.2, 0.25) is 0 Å². The Morgan fingerprint density at radius 2 is 0.718 bits per heavy atom. The molecule has 0 amide bonds. The highest BCUT2D eigenvalue weighted by Gasteiger charge is 2.53. The Labute approximate surface area is 462 Å². The maximum Gasteiger partial charge on any atom is 0.0726 e. The molecule has 1 fully saturated rings. The van der Waals surface area contributed by atoms with E-state index in [9.17, 15) is 0 Å². The molecule has 0 aliphatic heterocycles. The Morgan fingerprint density at radius 1 is 0.321 bits per heavy atom. The van der Waals surface area contributed by atoms with Crippen molar-refractivity contribution in [3.8, 4) is 66.8 Å². The van der Waals surface area contributed by atoms with Gasteiger partial charge in [0, 0.05) is 27.9 Å². The Morgan fingerprint density at radius 3 is 1.29 bits per heavy atom.